The van der Waals surface area contributed by atoms with Crippen LogP contribution in [0.2, 0.25) is 0 Å². The van der Waals surface area contributed by atoms with Crippen LogP contribution in [-0.2, 0) is 16.1 Å². The van der Waals surface area contributed by atoms with Crippen molar-refractivity contribution < 1.29 is 9.59 Å². The van der Waals surface area contributed by atoms with E-state index in [1.165, 1.54) is 0 Å². The van der Waals surface area contributed by atoms with E-state index >= 15 is 0 Å². The number of halogens is 1. The lowest BCUT2D eigenvalue weighted by Gasteiger charge is -2.11. The first-order chi connectivity index (χ1) is 8.52. The summed E-state index contributed by atoms with van der Waals surface area (Å²) in [7, 11) is 0. The van der Waals surface area contributed by atoms with Gasteiger partial charge in [0.05, 0.1) is 13.1 Å². The lowest BCUT2D eigenvalue weighted by Crippen LogP contribution is -2.37. The largest absolute Gasteiger partial charge is 0.346 e. The average Bonchev–Trinajstić information content (AvgIpc) is 2.72. The molecule has 0 atom stereocenters. The molecule has 0 aliphatic carbocycles. The first-order valence-electron chi connectivity index (χ1n) is 5.80. The van der Waals surface area contributed by atoms with Crippen LogP contribution in [0.4, 0.5) is 5.95 Å². The van der Waals surface area contributed by atoms with Crippen molar-refractivity contribution in [3.8, 4) is 0 Å². The van der Waals surface area contributed by atoms with Gasteiger partial charge >= 0.3 is 0 Å². The third-order valence-electron chi connectivity index (χ3n) is 2.16. The van der Waals surface area contributed by atoms with Crippen LogP contribution in [0.3, 0.4) is 0 Å². The number of aromatic nitrogens is 2. The van der Waals surface area contributed by atoms with Crippen molar-refractivity contribution in [3.05, 3.63) is 12.4 Å². The minimum Gasteiger partial charge on any atom is -0.346 e. The van der Waals surface area contributed by atoms with Gasteiger partial charge in [-0.1, -0.05) is 13.8 Å². The number of hydrogen-bond donors (Lipinski definition) is 3. The van der Waals surface area contributed by atoms with Gasteiger partial charge in [0.1, 0.15) is 0 Å². The van der Waals surface area contributed by atoms with Crippen molar-refractivity contribution in [2.45, 2.75) is 20.4 Å². The molecular weight excluding hydrogens is 270 g/mol. The summed E-state index contributed by atoms with van der Waals surface area (Å²) >= 11 is 0. The van der Waals surface area contributed by atoms with Crippen molar-refractivity contribution in [2.24, 2.45) is 11.7 Å². The Labute approximate surface area is 118 Å². The number of carbonyl (C=O) groups is 2. The summed E-state index contributed by atoms with van der Waals surface area (Å²) in [4.78, 5) is 26.5. The quantitative estimate of drug-likeness (QED) is 0.684. The minimum atomic E-state index is -0.365. The second-order valence-electron chi connectivity index (χ2n) is 4.33. The first-order valence-corrected chi connectivity index (χ1v) is 5.80. The molecule has 0 aliphatic heterocycles. The zero-order chi connectivity index (χ0) is 13.5. The summed E-state index contributed by atoms with van der Waals surface area (Å²) in [5, 5.41) is 5.02. The highest BCUT2D eigenvalue weighted by atomic mass is 35.5. The molecule has 19 heavy (non-hydrogen) atoms. The molecule has 0 radical (unpaired) electrons. The van der Waals surface area contributed by atoms with Gasteiger partial charge in [0, 0.05) is 18.9 Å². The smallest absolute Gasteiger partial charge is 0.246 e. The van der Waals surface area contributed by atoms with Gasteiger partial charge in [-0.25, -0.2) is 4.98 Å². The molecule has 0 unspecified atom stereocenters. The Balaban J connectivity index is 0.00000324. The Morgan fingerprint density at radius 3 is 2.68 bits per heavy atom. The maximum Gasteiger partial charge on any atom is 0.246 e. The second-order valence-corrected chi connectivity index (χ2v) is 4.33. The summed E-state index contributed by atoms with van der Waals surface area (Å²) in [5.74, 6) is 0.242. The number of amides is 2. The zero-order valence-corrected chi connectivity index (χ0v) is 11.9. The molecule has 8 heteroatoms. The van der Waals surface area contributed by atoms with E-state index in [4.69, 9.17) is 5.73 Å². The minimum absolute atomic E-state index is 0. The molecule has 1 aromatic rings. The molecule has 108 valence electrons. The number of nitrogens with one attached hydrogen (secondary N) is 2. The van der Waals surface area contributed by atoms with E-state index in [2.05, 4.69) is 29.5 Å². The van der Waals surface area contributed by atoms with Crippen molar-refractivity contribution in [1.29, 1.82) is 0 Å². The molecule has 4 N–H and O–H groups in total. The van der Waals surface area contributed by atoms with Crippen molar-refractivity contribution in [1.82, 2.24) is 14.9 Å². The fraction of sp³-hybridized carbons (Fsp3) is 0.545. The van der Waals surface area contributed by atoms with Crippen LogP contribution in [-0.4, -0.2) is 34.5 Å². The number of hydrogen-bond acceptors (Lipinski definition) is 4. The van der Waals surface area contributed by atoms with Crippen LogP contribution in [0.5, 0.6) is 0 Å². The standard InChI is InChI=1S/C11H19N5O2.ClH/c1-8(2)7-16-4-3-13-11(16)15-10(18)6-14-9(17)5-12;/h3-4,8H,5-7,12H2,1-2H3,(H,14,17)(H,13,15,18);1H. The van der Waals surface area contributed by atoms with E-state index in [0.717, 1.165) is 6.54 Å². The Kier molecular flexibility index (Phi) is 7.78. The Morgan fingerprint density at radius 1 is 1.42 bits per heavy atom. The number of anilines is 1. The molecule has 0 saturated carbocycles. The number of nitrogens with two attached hydrogens (primary N) is 1. The second kappa shape index (κ2) is 8.49. The highest BCUT2D eigenvalue weighted by molar-refractivity contribution is 5.93. The van der Waals surface area contributed by atoms with Crippen molar-refractivity contribution in [3.63, 3.8) is 0 Å². The van der Waals surface area contributed by atoms with Gasteiger partial charge < -0.3 is 15.6 Å². The van der Waals surface area contributed by atoms with Gasteiger partial charge in [-0.2, -0.15) is 0 Å². The fourth-order valence-corrected chi connectivity index (χ4v) is 1.39. The number of rotatable bonds is 6. The van der Waals surface area contributed by atoms with Gasteiger partial charge in [-0.05, 0) is 5.92 Å². The third kappa shape index (κ3) is 6.21. The number of nitrogens with zero attached hydrogens (tertiary/aromatic N) is 2. The summed E-state index contributed by atoms with van der Waals surface area (Å²) in [5.41, 5.74) is 5.11. The maximum atomic E-state index is 11.5. The molecule has 1 heterocycles. The SMILES string of the molecule is CC(C)Cn1ccnc1NC(=O)CNC(=O)CN.Cl. The van der Waals surface area contributed by atoms with E-state index in [0.29, 0.717) is 11.9 Å². The van der Waals surface area contributed by atoms with Crippen LogP contribution in [0.15, 0.2) is 12.4 Å². The third-order valence-corrected chi connectivity index (χ3v) is 2.16. The van der Waals surface area contributed by atoms with Crippen LogP contribution in [0, 0.1) is 5.92 Å². The normalized spacial score (nSPS) is 9.89. The van der Waals surface area contributed by atoms with Crippen LogP contribution < -0.4 is 16.4 Å². The molecule has 0 fully saturated rings. The Morgan fingerprint density at radius 2 is 2.11 bits per heavy atom. The van der Waals surface area contributed by atoms with Crippen LogP contribution >= 0.6 is 12.4 Å². The monoisotopic (exact) mass is 289 g/mol. The highest BCUT2D eigenvalue weighted by Gasteiger charge is 2.09. The topological polar surface area (TPSA) is 102 Å². The summed E-state index contributed by atoms with van der Waals surface area (Å²) < 4.78 is 1.85. The fourth-order valence-electron chi connectivity index (χ4n) is 1.39. The highest BCUT2D eigenvalue weighted by Crippen LogP contribution is 2.07. The summed E-state index contributed by atoms with van der Waals surface area (Å²) in [6.07, 6.45) is 3.42. The predicted octanol–water partition coefficient (Wildman–Crippen LogP) is -0.0257. The molecule has 1 aromatic heterocycles. The van der Waals surface area contributed by atoms with Gasteiger partial charge in [-0.3, -0.25) is 14.9 Å². The van der Waals surface area contributed by atoms with Gasteiger partial charge in [0.25, 0.3) is 0 Å². The Bertz CT molecular complexity index is 419. The Hall–Kier alpha value is -1.60. The summed E-state index contributed by atoms with van der Waals surface area (Å²) in [6.45, 7) is 4.69. The molecule has 1 rings (SSSR count). The van der Waals surface area contributed by atoms with Gasteiger partial charge in [-0.15, -0.1) is 12.4 Å². The zero-order valence-electron chi connectivity index (χ0n) is 11.0. The lowest BCUT2D eigenvalue weighted by molar-refractivity contribution is -0.123. The number of imidazole rings is 1. The molecule has 2 amide bonds. The molecule has 0 saturated heterocycles. The molecule has 7 nitrogen and oxygen atoms in total. The van der Waals surface area contributed by atoms with Crippen molar-refractivity contribution in [2.75, 3.05) is 18.4 Å². The van der Waals surface area contributed by atoms with Crippen LogP contribution in [0.1, 0.15) is 13.8 Å². The molecule has 0 aromatic carbocycles. The van der Waals surface area contributed by atoms with E-state index in [-0.39, 0.29) is 37.3 Å². The van der Waals surface area contributed by atoms with E-state index in [1.54, 1.807) is 12.4 Å². The maximum absolute atomic E-state index is 11.5. The first kappa shape index (κ1) is 17.4. The van der Waals surface area contributed by atoms with Crippen LogP contribution in [0.25, 0.3) is 0 Å². The van der Waals surface area contributed by atoms with E-state index in [1.807, 2.05) is 4.57 Å². The summed E-state index contributed by atoms with van der Waals surface area (Å²) in [6, 6.07) is 0. The molecular formula is C11H20ClN5O2. The van der Waals surface area contributed by atoms with E-state index in [9.17, 15) is 9.59 Å². The lowest BCUT2D eigenvalue weighted by atomic mass is 10.2. The van der Waals surface area contributed by atoms with E-state index < -0.39 is 0 Å². The molecule has 0 aliphatic rings. The average molecular weight is 290 g/mol. The molecule has 0 spiro atoms. The molecule has 0 bridgehead atoms. The van der Waals surface area contributed by atoms with Gasteiger partial charge in [0.2, 0.25) is 17.8 Å². The number of carbonyl (C=O) groups excluding carboxylic acids is 2. The van der Waals surface area contributed by atoms with Gasteiger partial charge in [0.15, 0.2) is 0 Å². The predicted molar refractivity (Wildman–Crippen MR) is 75.0 cm³/mol. The van der Waals surface area contributed by atoms with Crippen molar-refractivity contribution >= 4 is 30.2 Å².